The van der Waals surface area contributed by atoms with Crippen LogP contribution in [0.3, 0.4) is 0 Å². The average Bonchev–Trinajstić information content (AvgIpc) is 2.63. The zero-order chi connectivity index (χ0) is 17.6. The van der Waals surface area contributed by atoms with Gasteiger partial charge in [-0.25, -0.2) is 0 Å². The molecule has 1 heterocycles. The number of hydrogen-bond acceptors (Lipinski definition) is 4. The molecule has 2 aromatic rings. The molecule has 5 heteroatoms. The second-order valence-corrected chi connectivity index (χ2v) is 6.96. The van der Waals surface area contributed by atoms with E-state index >= 15 is 0 Å². The SMILES string of the molecule is CN(C)c1ccc(/C=N\N2CCN(Cc3ccccc3Cl)CC2)cc1. The van der Waals surface area contributed by atoms with Gasteiger partial charge in [0.25, 0.3) is 0 Å². The lowest BCUT2D eigenvalue weighted by Crippen LogP contribution is -2.43. The van der Waals surface area contributed by atoms with Crippen molar-refractivity contribution in [2.45, 2.75) is 6.54 Å². The first-order valence-electron chi connectivity index (χ1n) is 8.64. The van der Waals surface area contributed by atoms with Crippen LogP contribution in [0.5, 0.6) is 0 Å². The predicted octanol–water partition coefficient (Wildman–Crippen LogP) is 3.56. The van der Waals surface area contributed by atoms with Crippen molar-refractivity contribution in [2.24, 2.45) is 5.10 Å². The summed E-state index contributed by atoms with van der Waals surface area (Å²) >= 11 is 6.26. The Morgan fingerprint density at radius 3 is 2.32 bits per heavy atom. The third-order valence-electron chi connectivity index (χ3n) is 4.48. The lowest BCUT2D eigenvalue weighted by molar-refractivity contribution is 0.131. The summed E-state index contributed by atoms with van der Waals surface area (Å²) in [6.07, 6.45) is 1.95. The number of piperazine rings is 1. The van der Waals surface area contributed by atoms with Crippen LogP contribution in [0.4, 0.5) is 5.69 Å². The molecule has 0 atom stereocenters. The van der Waals surface area contributed by atoms with Gasteiger partial charge in [-0.15, -0.1) is 0 Å². The van der Waals surface area contributed by atoms with Crippen molar-refractivity contribution < 1.29 is 0 Å². The van der Waals surface area contributed by atoms with E-state index < -0.39 is 0 Å². The molecule has 25 heavy (non-hydrogen) atoms. The number of benzene rings is 2. The highest BCUT2D eigenvalue weighted by atomic mass is 35.5. The lowest BCUT2D eigenvalue weighted by Gasteiger charge is -2.33. The van der Waals surface area contributed by atoms with Gasteiger partial charge in [0.1, 0.15) is 0 Å². The van der Waals surface area contributed by atoms with E-state index in [1.807, 2.05) is 38.5 Å². The summed E-state index contributed by atoms with van der Waals surface area (Å²) in [7, 11) is 4.09. The van der Waals surface area contributed by atoms with Gasteiger partial charge in [-0.2, -0.15) is 5.10 Å². The largest absolute Gasteiger partial charge is 0.378 e. The summed E-state index contributed by atoms with van der Waals surface area (Å²) in [4.78, 5) is 4.53. The summed E-state index contributed by atoms with van der Waals surface area (Å²) in [5, 5.41) is 7.62. The van der Waals surface area contributed by atoms with E-state index in [1.165, 1.54) is 11.3 Å². The second-order valence-electron chi connectivity index (χ2n) is 6.55. The van der Waals surface area contributed by atoms with Gasteiger partial charge in [0.15, 0.2) is 0 Å². The molecule has 0 aromatic heterocycles. The Labute approximate surface area is 155 Å². The predicted molar refractivity (Wildman–Crippen MR) is 107 cm³/mol. The smallest absolute Gasteiger partial charge is 0.0542 e. The lowest BCUT2D eigenvalue weighted by atomic mass is 10.2. The molecule has 4 nitrogen and oxygen atoms in total. The molecule has 0 spiro atoms. The molecule has 3 rings (SSSR count). The van der Waals surface area contributed by atoms with Crippen molar-refractivity contribution in [3.05, 3.63) is 64.7 Å². The van der Waals surface area contributed by atoms with Crippen molar-refractivity contribution in [1.29, 1.82) is 0 Å². The Kier molecular flexibility index (Phi) is 5.95. The van der Waals surface area contributed by atoms with E-state index in [-0.39, 0.29) is 0 Å². The maximum atomic E-state index is 6.26. The number of hydrazone groups is 1. The first kappa shape index (κ1) is 17.8. The van der Waals surface area contributed by atoms with Crippen LogP contribution in [0.2, 0.25) is 5.02 Å². The molecule has 1 saturated heterocycles. The maximum absolute atomic E-state index is 6.26. The summed E-state index contributed by atoms with van der Waals surface area (Å²) in [6.45, 7) is 4.79. The van der Waals surface area contributed by atoms with E-state index in [0.29, 0.717) is 0 Å². The van der Waals surface area contributed by atoms with Gasteiger partial charge >= 0.3 is 0 Å². The van der Waals surface area contributed by atoms with Crippen LogP contribution in [0.1, 0.15) is 11.1 Å². The van der Waals surface area contributed by atoms with Crippen LogP contribution in [-0.4, -0.2) is 56.4 Å². The molecule has 1 aliphatic rings. The molecular weight excluding hydrogens is 332 g/mol. The van der Waals surface area contributed by atoms with Gasteiger partial charge in [0.05, 0.1) is 6.21 Å². The first-order valence-corrected chi connectivity index (χ1v) is 9.02. The molecule has 0 saturated carbocycles. The normalized spacial score (nSPS) is 15.7. The topological polar surface area (TPSA) is 22.1 Å². The van der Waals surface area contributed by atoms with Gasteiger partial charge in [0.2, 0.25) is 0 Å². The van der Waals surface area contributed by atoms with E-state index in [0.717, 1.165) is 43.3 Å². The van der Waals surface area contributed by atoms with E-state index in [9.17, 15) is 0 Å². The van der Waals surface area contributed by atoms with Crippen LogP contribution in [0, 0.1) is 0 Å². The first-order chi connectivity index (χ1) is 12.1. The van der Waals surface area contributed by atoms with Crippen molar-refractivity contribution in [2.75, 3.05) is 45.2 Å². The third kappa shape index (κ3) is 4.97. The number of halogens is 1. The van der Waals surface area contributed by atoms with Gasteiger partial charge in [-0.3, -0.25) is 9.91 Å². The van der Waals surface area contributed by atoms with Gasteiger partial charge in [-0.1, -0.05) is 41.9 Å². The van der Waals surface area contributed by atoms with Crippen LogP contribution in [0.15, 0.2) is 53.6 Å². The molecule has 0 amide bonds. The van der Waals surface area contributed by atoms with Crippen molar-refractivity contribution >= 4 is 23.5 Å². The molecular formula is C20H25ClN4. The van der Waals surface area contributed by atoms with Gasteiger partial charge in [0, 0.05) is 57.5 Å². The number of hydrogen-bond donors (Lipinski definition) is 0. The molecule has 0 radical (unpaired) electrons. The van der Waals surface area contributed by atoms with Crippen LogP contribution >= 0.6 is 11.6 Å². The van der Waals surface area contributed by atoms with Crippen LogP contribution < -0.4 is 4.90 Å². The molecule has 1 aliphatic heterocycles. The van der Waals surface area contributed by atoms with E-state index in [2.05, 4.69) is 50.2 Å². The quantitative estimate of drug-likeness (QED) is 0.765. The zero-order valence-corrected chi connectivity index (χ0v) is 15.7. The monoisotopic (exact) mass is 356 g/mol. The minimum atomic E-state index is 0.851. The van der Waals surface area contributed by atoms with Crippen molar-refractivity contribution in [1.82, 2.24) is 9.91 Å². The zero-order valence-electron chi connectivity index (χ0n) is 14.9. The van der Waals surface area contributed by atoms with Crippen molar-refractivity contribution in [3.8, 4) is 0 Å². The second kappa shape index (κ2) is 8.37. The Morgan fingerprint density at radius 1 is 1.00 bits per heavy atom. The highest BCUT2D eigenvalue weighted by molar-refractivity contribution is 6.31. The summed E-state index contributed by atoms with van der Waals surface area (Å²) < 4.78 is 0. The standard InChI is InChI=1S/C20H25ClN4/c1-23(2)19-9-7-17(8-10-19)15-22-25-13-11-24(12-14-25)16-18-5-3-4-6-20(18)21/h3-10,15H,11-14,16H2,1-2H3/b22-15-. The molecule has 0 aliphatic carbocycles. The Morgan fingerprint density at radius 2 is 1.68 bits per heavy atom. The molecule has 132 valence electrons. The minimum Gasteiger partial charge on any atom is -0.378 e. The fourth-order valence-corrected chi connectivity index (χ4v) is 3.08. The van der Waals surface area contributed by atoms with E-state index in [4.69, 9.17) is 11.6 Å². The van der Waals surface area contributed by atoms with Gasteiger partial charge < -0.3 is 4.90 Å². The van der Waals surface area contributed by atoms with E-state index in [1.54, 1.807) is 0 Å². The molecule has 0 bridgehead atoms. The molecule has 0 N–H and O–H groups in total. The van der Waals surface area contributed by atoms with Crippen molar-refractivity contribution in [3.63, 3.8) is 0 Å². The third-order valence-corrected chi connectivity index (χ3v) is 4.85. The highest BCUT2D eigenvalue weighted by Crippen LogP contribution is 2.18. The molecule has 0 unspecified atom stereocenters. The minimum absolute atomic E-state index is 0.851. The fourth-order valence-electron chi connectivity index (χ4n) is 2.89. The summed E-state index contributed by atoms with van der Waals surface area (Å²) in [5.74, 6) is 0. The molecule has 1 fully saturated rings. The van der Waals surface area contributed by atoms with Crippen LogP contribution in [-0.2, 0) is 6.54 Å². The number of rotatable bonds is 5. The maximum Gasteiger partial charge on any atom is 0.0542 e. The highest BCUT2D eigenvalue weighted by Gasteiger charge is 2.16. The van der Waals surface area contributed by atoms with Crippen LogP contribution in [0.25, 0.3) is 0 Å². The molecule has 2 aromatic carbocycles. The Bertz CT molecular complexity index is 704. The Hall–Kier alpha value is -2.04. The summed E-state index contributed by atoms with van der Waals surface area (Å²) in [6, 6.07) is 16.5. The summed E-state index contributed by atoms with van der Waals surface area (Å²) in [5.41, 5.74) is 3.52. The number of nitrogens with zero attached hydrogens (tertiary/aromatic N) is 4. The van der Waals surface area contributed by atoms with Gasteiger partial charge in [-0.05, 0) is 29.3 Å². The number of anilines is 1. The average molecular weight is 357 g/mol. The Balaban J connectivity index is 1.49. The fraction of sp³-hybridized carbons (Fsp3) is 0.350.